The highest BCUT2D eigenvalue weighted by atomic mass is 16.2. The van der Waals surface area contributed by atoms with Crippen LogP contribution >= 0.6 is 0 Å². The number of nitrogens with zero attached hydrogens (tertiary/aromatic N) is 1. The van der Waals surface area contributed by atoms with Crippen molar-refractivity contribution in [3.63, 3.8) is 0 Å². The molecule has 20 heavy (non-hydrogen) atoms. The first-order valence-corrected chi connectivity index (χ1v) is 6.75. The van der Waals surface area contributed by atoms with Crippen molar-refractivity contribution in [2.75, 3.05) is 38.0 Å². The Morgan fingerprint density at radius 3 is 2.50 bits per heavy atom. The van der Waals surface area contributed by atoms with Gasteiger partial charge in [-0.05, 0) is 19.1 Å². The molecule has 6 heteroatoms. The molecule has 0 radical (unpaired) electrons. The van der Waals surface area contributed by atoms with Crippen LogP contribution in [0.1, 0.15) is 5.56 Å². The molecule has 6 nitrogen and oxygen atoms in total. The standard InChI is InChI=1S/C14H20N4O2/c1-11-2-4-12(5-3-11)17-14(20)16-10-13(19)18-8-6-15-7-9-18/h2-5,15H,6-10H2,1H3,(H2,16,17,20). The van der Waals surface area contributed by atoms with E-state index in [4.69, 9.17) is 0 Å². The number of benzene rings is 1. The molecule has 2 rings (SSSR count). The molecule has 3 amide bonds. The highest BCUT2D eigenvalue weighted by molar-refractivity contribution is 5.92. The molecule has 0 unspecified atom stereocenters. The highest BCUT2D eigenvalue weighted by Crippen LogP contribution is 2.07. The summed E-state index contributed by atoms with van der Waals surface area (Å²) in [6.45, 7) is 5.01. The van der Waals surface area contributed by atoms with Crippen LogP contribution in [0.15, 0.2) is 24.3 Å². The Morgan fingerprint density at radius 2 is 1.85 bits per heavy atom. The van der Waals surface area contributed by atoms with Gasteiger partial charge in [-0.2, -0.15) is 0 Å². The molecular formula is C14H20N4O2. The normalized spacial score (nSPS) is 14.8. The first kappa shape index (κ1) is 14.3. The molecule has 0 aromatic heterocycles. The highest BCUT2D eigenvalue weighted by Gasteiger charge is 2.16. The Hall–Kier alpha value is -2.08. The number of piperazine rings is 1. The summed E-state index contributed by atoms with van der Waals surface area (Å²) in [7, 11) is 0. The van der Waals surface area contributed by atoms with Gasteiger partial charge in [0.25, 0.3) is 0 Å². The zero-order valence-electron chi connectivity index (χ0n) is 11.6. The van der Waals surface area contributed by atoms with Crippen molar-refractivity contribution in [1.82, 2.24) is 15.5 Å². The van der Waals surface area contributed by atoms with Crippen LogP contribution in [0.3, 0.4) is 0 Å². The summed E-state index contributed by atoms with van der Waals surface area (Å²) in [4.78, 5) is 25.3. The smallest absolute Gasteiger partial charge is 0.319 e. The van der Waals surface area contributed by atoms with Gasteiger partial charge in [0.1, 0.15) is 0 Å². The fourth-order valence-electron chi connectivity index (χ4n) is 1.99. The van der Waals surface area contributed by atoms with E-state index in [0.29, 0.717) is 18.8 Å². The average molecular weight is 276 g/mol. The molecule has 3 N–H and O–H groups in total. The molecule has 0 spiro atoms. The third-order valence-corrected chi connectivity index (χ3v) is 3.18. The molecule has 1 saturated heterocycles. The minimum absolute atomic E-state index is 0.0255. The zero-order valence-corrected chi connectivity index (χ0v) is 11.6. The number of amides is 3. The molecule has 108 valence electrons. The molecule has 1 aromatic carbocycles. The summed E-state index contributed by atoms with van der Waals surface area (Å²) in [5.41, 5.74) is 1.84. The fraction of sp³-hybridized carbons (Fsp3) is 0.429. The molecule has 1 aromatic rings. The van der Waals surface area contributed by atoms with Gasteiger partial charge in [0.05, 0.1) is 6.54 Å². The van der Waals surface area contributed by atoms with Gasteiger partial charge in [0.15, 0.2) is 0 Å². The van der Waals surface area contributed by atoms with Gasteiger partial charge in [-0.1, -0.05) is 17.7 Å². The summed E-state index contributed by atoms with van der Waals surface area (Å²) in [6, 6.07) is 7.13. The van der Waals surface area contributed by atoms with Gasteiger partial charge in [0.2, 0.25) is 5.91 Å². The largest absolute Gasteiger partial charge is 0.339 e. The van der Waals surface area contributed by atoms with E-state index >= 15 is 0 Å². The number of hydrogen-bond donors (Lipinski definition) is 3. The summed E-state index contributed by atoms with van der Waals surface area (Å²) >= 11 is 0. The summed E-state index contributed by atoms with van der Waals surface area (Å²) in [5.74, 6) is -0.0504. The molecular weight excluding hydrogens is 256 g/mol. The number of carbonyl (C=O) groups is 2. The van der Waals surface area contributed by atoms with Gasteiger partial charge in [0, 0.05) is 31.9 Å². The third kappa shape index (κ3) is 4.24. The van der Waals surface area contributed by atoms with Crippen molar-refractivity contribution in [2.45, 2.75) is 6.92 Å². The van der Waals surface area contributed by atoms with Crippen LogP contribution in [0.2, 0.25) is 0 Å². The fourth-order valence-corrected chi connectivity index (χ4v) is 1.99. The van der Waals surface area contributed by atoms with E-state index in [2.05, 4.69) is 16.0 Å². The van der Waals surface area contributed by atoms with Crippen LogP contribution in [-0.2, 0) is 4.79 Å². The number of urea groups is 1. The predicted molar refractivity (Wildman–Crippen MR) is 77.7 cm³/mol. The first-order chi connectivity index (χ1) is 9.65. The Balaban J connectivity index is 1.74. The van der Waals surface area contributed by atoms with Crippen LogP contribution in [0.5, 0.6) is 0 Å². The number of aryl methyl sites for hydroxylation is 1. The minimum Gasteiger partial charge on any atom is -0.339 e. The lowest BCUT2D eigenvalue weighted by molar-refractivity contribution is -0.130. The average Bonchev–Trinajstić information content (AvgIpc) is 2.48. The van der Waals surface area contributed by atoms with Crippen molar-refractivity contribution in [3.8, 4) is 0 Å². The molecule has 0 aliphatic carbocycles. The van der Waals surface area contributed by atoms with Gasteiger partial charge in [-0.3, -0.25) is 4.79 Å². The number of carbonyl (C=O) groups excluding carboxylic acids is 2. The lowest BCUT2D eigenvalue weighted by Gasteiger charge is -2.27. The van der Waals surface area contributed by atoms with Crippen LogP contribution in [0, 0.1) is 6.92 Å². The second-order valence-electron chi connectivity index (χ2n) is 4.80. The van der Waals surface area contributed by atoms with Gasteiger partial charge in [-0.25, -0.2) is 4.79 Å². The van der Waals surface area contributed by atoms with E-state index < -0.39 is 0 Å². The second-order valence-corrected chi connectivity index (χ2v) is 4.80. The number of rotatable bonds is 3. The van der Waals surface area contributed by atoms with Crippen LogP contribution in [0.25, 0.3) is 0 Å². The quantitative estimate of drug-likeness (QED) is 0.755. The third-order valence-electron chi connectivity index (χ3n) is 3.18. The van der Waals surface area contributed by atoms with Gasteiger partial charge >= 0.3 is 6.03 Å². The van der Waals surface area contributed by atoms with Crippen molar-refractivity contribution < 1.29 is 9.59 Å². The maximum atomic E-state index is 11.9. The second kappa shape index (κ2) is 6.91. The van der Waals surface area contributed by atoms with Crippen molar-refractivity contribution in [1.29, 1.82) is 0 Å². The molecule has 0 bridgehead atoms. The summed E-state index contributed by atoms with van der Waals surface area (Å²) in [6.07, 6.45) is 0. The van der Waals surface area contributed by atoms with Crippen LogP contribution in [-0.4, -0.2) is 49.6 Å². The van der Waals surface area contributed by atoms with Crippen molar-refractivity contribution in [3.05, 3.63) is 29.8 Å². The maximum absolute atomic E-state index is 11.9. The van der Waals surface area contributed by atoms with E-state index in [1.54, 1.807) is 4.90 Å². The van der Waals surface area contributed by atoms with Crippen LogP contribution < -0.4 is 16.0 Å². The Kier molecular flexibility index (Phi) is 4.95. The Morgan fingerprint density at radius 1 is 1.20 bits per heavy atom. The SMILES string of the molecule is Cc1ccc(NC(=O)NCC(=O)N2CCNCC2)cc1. The van der Waals surface area contributed by atoms with Gasteiger partial charge in [-0.15, -0.1) is 0 Å². The number of nitrogens with one attached hydrogen (secondary N) is 3. The first-order valence-electron chi connectivity index (χ1n) is 6.75. The Labute approximate surface area is 118 Å². The molecule has 1 heterocycles. The zero-order chi connectivity index (χ0) is 14.4. The topological polar surface area (TPSA) is 73.5 Å². The lowest BCUT2D eigenvalue weighted by Crippen LogP contribution is -2.49. The molecule has 0 saturated carbocycles. The molecule has 1 aliphatic heterocycles. The van der Waals surface area contributed by atoms with E-state index in [9.17, 15) is 9.59 Å². The van der Waals surface area contributed by atoms with Crippen LogP contribution in [0.4, 0.5) is 10.5 Å². The van der Waals surface area contributed by atoms with Gasteiger partial charge < -0.3 is 20.9 Å². The van der Waals surface area contributed by atoms with E-state index in [-0.39, 0.29) is 18.5 Å². The van der Waals surface area contributed by atoms with E-state index in [1.807, 2.05) is 31.2 Å². The number of anilines is 1. The monoisotopic (exact) mass is 276 g/mol. The minimum atomic E-state index is -0.364. The van der Waals surface area contributed by atoms with Crippen molar-refractivity contribution >= 4 is 17.6 Å². The van der Waals surface area contributed by atoms with Crippen molar-refractivity contribution in [2.24, 2.45) is 0 Å². The summed E-state index contributed by atoms with van der Waals surface area (Å²) < 4.78 is 0. The van der Waals surface area contributed by atoms with E-state index in [0.717, 1.165) is 18.7 Å². The number of hydrogen-bond acceptors (Lipinski definition) is 3. The summed E-state index contributed by atoms with van der Waals surface area (Å²) in [5, 5.41) is 8.45. The predicted octanol–water partition coefficient (Wildman–Crippen LogP) is 0.548. The Bertz CT molecular complexity index is 467. The van der Waals surface area contributed by atoms with E-state index in [1.165, 1.54) is 0 Å². The molecule has 0 atom stereocenters. The maximum Gasteiger partial charge on any atom is 0.319 e. The molecule has 1 fully saturated rings. The lowest BCUT2D eigenvalue weighted by atomic mass is 10.2. The molecule has 1 aliphatic rings.